The highest BCUT2D eigenvalue weighted by atomic mass is 32.2. The first-order chi connectivity index (χ1) is 9.95. The second-order valence-electron chi connectivity index (χ2n) is 5.01. The van der Waals surface area contributed by atoms with Crippen molar-refractivity contribution in [1.82, 2.24) is 0 Å². The largest absolute Gasteiger partial charge is 0.493 e. The molecule has 0 unspecified atom stereocenters. The molecule has 1 N–H and O–H groups in total. The van der Waals surface area contributed by atoms with Crippen LogP contribution in [0.3, 0.4) is 0 Å². The molecule has 2 heterocycles. The second-order valence-corrected chi connectivity index (χ2v) is 8.40. The molecule has 2 atom stereocenters. The fraction of sp³-hybridized carbons (Fsp3) is 0.462. The van der Waals surface area contributed by atoms with Crippen molar-refractivity contribution in [1.29, 1.82) is 5.41 Å². The molecule has 2 aliphatic rings. The lowest BCUT2D eigenvalue weighted by atomic mass is 10.2. The van der Waals surface area contributed by atoms with Gasteiger partial charge in [-0.25, -0.2) is 8.42 Å². The summed E-state index contributed by atoms with van der Waals surface area (Å²) in [4.78, 5) is 1.78. The van der Waals surface area contributed by atoms with E-state index in [9.17, 15) is 8.42 Å². The van der Waals surface area contributed by atoms with Gasteiger partial charge in [-0.05, 0) is 12.1 Å². The van der Waals surface area contributed by atoms with Crippen LogP contribution in [-0.4, -0.2) is 50.6 Å². The van der Waals surface area contributed by atoms with Crippen molar-refractivity contribution in [2.45, 2.75) is 11.3 Å². The van der Waals surface area contributed by atoms with Gasteiger partial charge >= 0.3 is 0 Å². The minimum atomic E-state index is -3.01. The van der Waals surface area contributed by atoms with E-state index in [1.54, 1.807) is 31.3 Å². The zero-order chi connectivity index (χ0) is 15.2. The summed E-state index contributed by atoms with van der Waals surface area (Å²) in [5.74, 6) is 1.42. The van der Waals surface area contributed by atoms with E-state index in [0.29, 0.717) is 16.7 Å². The van der Waals surface area contributed by atoms with Crippen LogP contribution in [0.25, 0.3) is 0 Å². The van der Waals surface area contributed by atoms with Gasteiger partial charge in [0.2, 0.25) is 0 Å². The summed E-state index contributed by atoms with van der Waals surface area (Å²) in [6.45, 7) is 0. The van der Waals surface area contributed by atoms with Crippen LogP contribution >= 0.6 is 11.8 Å². The first-order valence-corrected chi connectivity index (χ1v) is 9.12. The highest BCUT2D eigenvalue weighted by Gasteiger charge is 2.48. The van der Waals surface area contributed by atoms with Crippen LogP contribution < -0.4 is 14.4 Å². The topological polar surface area (TPSA) is 79.7 Å². The van der Waals surface area contributed by atoms with Gasteiger partial charge in [-0.3, -0.25) is 5.41 Å². The molecule has 2 saturated heterocycles. The number of anilines is 1. The predicted molar refractivity (Wildman–Crippen MR) is 83.6 cm³/mol. The Bertz CT molecular complexity index is 689. The van der Waals surface area contributed by atoms with Crippen molar-refractivity contribution in [2.75, 3.05) is 30.6 Å². The third-order valence-electron chi connectivity index (χ3n) is 3.73. The van der Waals surface area contributed by atoms with Crippen molar-refractivity contribution in [3.8, 4) is 11.5 Å². The minimum absolute atomic E-state index is 0.0596. The van der Waals surface area contributed by atoms with Crippen molar-refractivity contribution in [2.24, 2.45) is 0 Å². The van der Waals surface area contributed by atoms with Crippen LogP contribution in [0, 0.1) is 5.41 Å². The molecule has 0 bridgehead atoms. The Morgan fingerprint density at radius 3 is 2.62 bits per heavy atom. The van der Waals surface area contributed by atoms with Gasteiger partial charge in [-0.15, -0.1) is 0 Å². The summed E-state index contributed by atoms with van der Waals surface area (Å²) in [6, 6.07) is 5.19. The van der Waals surface area contributed by atoms with E-state index < -0.39 is 9.84 Å². The lowest BCUT2D eigenvalue weighted by Crippen LogP contribution is -2.37. The number of nitrogens with one attached hydrogen (secondary N) is 1. The standard InChI is InChI=1S/C13H16N2O4S2/c1-18-10-4-3-8(5-11(10)19-2)15-9-6-21(16,17)7-12(9)20-13(15)14/h3-5,9,12,14H,6-7H2,1-2H3/t9-,12+/m1/s1. The van der Waals surface area contributed by atoms with E-state index in [4.69, 9.17) is 14.9 Å². The number of sulfone groups is 1. The summed E-state index contributed by atoms with van der Waals surface area (Å²) >= 11 is 1.32. The van der Waals surface area contributed by atoms with Gasteiger partial charge in [0.1, 0.15) is 0 Å². The Hall–Kier alpha value is -1.41. The van der Waals surface area contributed by atoms with Gasteiger partial charge in [0.05, 0.1) is 31.8 Å². The molecule has 1 aromatic carbocycles. The quantitative estimate of drug-likeness (QED) is 0.902. The Labute approximate surface area is 127 Å². The molecular weight excluding hydrogens is 312 g/mol. The highest BCUT2D eigenvalue weighted by molar-refractivity contribution is 8.15. The maximum atomic E-state index is 11.8. The number of rotatable bonds is 3. The lowest BCUT2D eigenvalue weighted by molar-refractivity contribution is 0.355. The summed E-state index contributed by atoms with van der Waals surface area (Å²) in [5, 5.41) is 8.44. The number of amidine groups is 1. The van der Waals surface area contributed by atoms with Crippen LogP contribution in [0.2, 0.25) is 0 Å². The summed E-state index contributed by atoms with van der Waals surface area (Å²) in [5.41, 5.74) is 0.759. The summed E-state index contributed by atoms with van der Waals surface area (Å²) in [6.07, 6.45) is 0. The number of hydrogen-bond donors (Lipinski definition) is 1. The second kappa shape index (κ2) is 5.10. The molecule has 0 radical (unpaired) electrons. The number of benzene rings is 1. The predicted octanol–water partition coefficient (Wildman–Crippen LogP) is 1.36. The molecule has 1 aromatic rings. The molecule has 0 saturated carbocycles. The lowest BCUT2D eigenvalue weighted by Gasteiger charge is -2.24. The SMILES string of the molecule is COc1ccc(N2C(=N)S[C@H]3CS(=O)(=O)C[C@H]32)cc1OC. The van der Waals surface area contributed by atoms with Gasteiger partial charge in [-0.2, -0.15) is 0 Å². The fourth-order valence-corrected chi connectivity index (χ4v) is 6.58. The average Bonchev–Trinajstić information content (AvgIpc) is 2.88. The molecule has 3 rings (SSSR count). The Kier molecular flexibility index (Phi) is 3.53. The Balaban J connectivity index is 1.98. The first-order valence-electron chi connectivity index (χ1n) is 6.42. The molecule has 114 valence electrons. The van der Waals surface area contributed by atoms with Crippen molar-refractivity contribution in [3.05, 3.63) is 18.2 Å². The number of thioether (sulfide) groups is 1. The van der Waals surface area contributed by atoms with Crippen LogP contribution in [0.5, 0.6) is 11.5 Å². The van der Waals surface area contributed by atoms with Crippen LogP contribution in [0.15, 0.2) is 18.2 Å². The van der Waals surface area contributed by atoms with Gasteiger partial charge in [0.15, 0.2) is 26.5 Å². The third kappa shape index (κ3) is 2.46. The molecule has 8 heteroatoms. The molecule has 6 nitrogen and oxygen atoms in total. The van der Waals surface area contributed by atoms with Crippen molar-refractivity contribution < 1.29 is 17.9 Å². The van der Waals surface area contributed by atoms with Crippen molar-refractivity contribution in [3.63, 3.8) is 0 Å². The van der Waals surface area contributed by atoms with Crippen molar-refractivity contribution >= 4 is 32.5 Å². The molecule has 2 aliphatic heterocycles. The fourth-order valence-electron chi connectivity index (χ4n) is 2.78. The van der Waals surface area contributed by atoms with E-state index in [1.807, 2.05) is 6.07 Å². The number of methoxy groups -OCH3 is 2. The zero-order valence-electron chi connectivity index (χ0n) is 11.7. The highest BCUT2D eigenvalue weighted by Crippen LogP contribution is 2.42. The Morgan fingerprint density at radius 2 is 1.95 bits per heavy atom. The van der Waals surface area contributed by atoms with E-state index in [-0.39, 0.29) is 22.8 Å². The molecule has 0 aliphatic carbocycles. The molecule has 2 fully saturated rings. The number of ether oxygens (including phenoxy) is 2. The summed E-state index contributed by atoms with van der Waals surface area (Å²) < 4.78 is 34.1. The molecule has 0 aromatic heterocycles. The zero-order valence-corrected chi connectivity index (χ0v) is 13.3. The maximum absolute atomic E-state index is 11.8. The first kappa shape index (κ1) is 14.5. The van der Waals surface area contributed by atoms with Gasteiger partial charge in [0, 0.05) is 17.0 Å². The Morgan fingerprint density at radius 1 is 1.24 bits per heavy atom. The molecule has 21 heavy (non-hydrogen) atoms. The van der Waals surface area contributed by atoms with E-state index >= 15 is 0 Å². The van der Waals surface area contributed by atoms with Gasteiger partial charge in [-0.1, -0.05) is 11.8 Å². The van der Waals surface area contributed by atoms with E-state index in [1.165, 1.54) is 11.8 Å². The van der Waals surface area contributed by atoms with Gasteiger partial charge < -0.3 is 14.4 Å². The van der Waals surface area contributed by atoms with E-state index in [0.717, 1.165) is 5.69 Å². The van der Waals surface area contributed by atoms with Crippen LogP contribution in [0.1, 0.15) is 0 Å². The number of fused-ring (bicyclic) bond motifs is 1. The monoisotopic (exact) mass is 328 g/mol. The van der Waals surface area contributed by atoms with Crippen LogP contribution in [-0.2, 0) is 9.84 Å². The smallest absolute Gasteiger partial charge is 0.162 e. The van der Waals surface area contributed by atoms with E-state index in [2.05, 4.69) is 0 Å². The molecular formula is C13H16N2O4S2. The summed E-state index contributed by atoms with van der Waals surface area (Å²) in [7, 11) is 0.0970. The van der Waals surface area contributed by atoms with Crippen LogP contribution in [0.4, 0.5) is 5.69 Å². The minimum Gasteiger partial charge on any atom is -0.493 e. The normalized spacial score (nSPS) is 26.8. The average molecular weight is 328 g/mol. The number of hydrogen-bond acceptors (Lipinski definition) is 6. The molecule has 0 spiro atoms. The molecule has 0 amide bonds. The van der Waals surface area contributed by atoms with Gasteiger partial charge in [0.25, 0.3) is 0 Å². The maximum Gasteiger partial charge on any atom is 0.162 e. The third-order valence-corrected chi connectivity index (χ3v) is 6.86. The number of nitrogens with zero attached hydrogens (tertiary/aromatic N) is 1.